The fourth-order valence-electron chi connectivity index (χ4n) is 4.34. The van der Waals surface area contributed by atoms with Crippen LogP contribution in [0.15, 0.2) is 30.5 Å². The van der Waals surface area contributed by atoms with Crippen LogP contribution in [0.3, 0.4) is 0 Å². The highest BCUT2D eigenvalue weighted by atomic mass is 35.5. The van der Waals surface area contributed by atoms with Crippen LogP contribution < -0.4 is 9.47 Å². The Balaban J connectivity index is 1.67. The smallest absolute Gasteiger partial charge is 0.309 e. The van der Waals surface area contributed by atoms with Crippen LogP contribution in [0.25, 0.3) is 0 Å². The van der Waals surface area contributed by atoms with Gasteiger partial charge in [0.15, 0.2) is 23.0 Å². The van der Waals surface area contributed by atoms with E-state index in [2.05, 4.69) is 4.98 Å². The second-order valence-corrected chi connectivity index (χ2v) is 9.35. The summed E-state index contributed by atoms with van der Waals surface area (Å²) in [5.41, 5.74) is 0.900. The Hall–Kier alpha value is -2.80. The third-order valence-corrected chi connectivity index (χ3v) is 6.54. The highest BCUT2D eigenvalue weighted by Gasteiger charge is 2.35. The van der Waals surface area contributed by atoms with E-state index in [0.29, 0.717) is 10.8 Å². The molecular formula is C26H32ClNO6. The Kier molecular flexibility index (Phi) is 8.78. The number of rotatable bonds is 10. The quantitative estimate of drug-likeness (QED) is 0.346. The second kappa shape index (κ2) is 11.6. The van der Waals surface area contributed by atoms with E-state index in [-0.39, 0.29) is 35.6 Å². The monoisotopic (exact) mass is 489 g/mol. The molecule has 1 N–H and O–H groups in total. The first kappa shape index (κ1) is 25.8. The number of nitrogens with zero attached hydrogens (tertiary/aromatic N) is 1. The Labute approximate surface area is 205 Å². The summed E-state index contributed by atoms with van der Waals surface area (Å²) in [5, 5.41) is 10.7. The van der Waals surface area contributed by atoms with Gasteiger partial charge in [-0.1, -0.05) is 37.4 Å². The van der Waals surface area contributed by atoms with Crippen LogP contribution in [-0.4, -0.2) is 41.2 Å². The number of ketones is 1. The van der Waals surface area contributed by atoms with Gasteiger partial charge in [-0.3, -0.25) is 9.59 Å². The molecule has 0 unspecified atom stereocenters. The lowest BCUT2D eigenvalue weighted by atomic mass is 9.96. The standard InChI is InChI=1S/C26H32ClNO6/c1-15-9-10-21(19(27)13-15)34-25(18-7-5-6-8-18)17(3)33-26(31)16(2)14-20(29)23-24(30)22(32-4)11-12-28-23/h9-13,16-18,25,30H,5-8,14H2,1-4H3/t16-,17+,25+/m1/s1. The molecule has 1 fully saturated rings. The van der Waals surface area contributed by atoms with Gasteiger partial charge in [0, 0.05) is 18.7 Å². The van der Waals surface area contributed by atoms with Crippen LogP contribution in [-0.2, 0) is 9.53 Å². The summed E-state index contributed by atoms with van der Waals surface area (Å²) in [6.07, 6.45) is 4.53. The number of aryl methyl sites for hydroxylation is 1. The highest BCUT2D eigenvalue weighted by molar-refractivity contribution is 6.32. The molecule has 1 aliphatic carbocycles. The number of carbonyl (C=O) groups is 2. The van der Waals surface area contributed by atoms with Crippen molar-refractivity contribution in [2.24, 2.45) is 11.8 Å². The number of halogens is 1. The summed E-state index contributed by atoms with van der Waals surface area (Å²) in [4.78, 5) is 29.4. The largest absolute Gasteiger partial charge is 0.503 e. The molecule has 3 rings (SSSR count). The molecule has 184 valence electrons. The number of hydrogen-bond donors (Lipinski definition) is 1. The van der Waals surface area contributed by atoms with Crippen molar-refractivity contribution >= 4 is 23.4 Å². The molecule has 1 heterocycles. The zero-order chi connectivity index (χ0) is 24.8. The zero-order valence-electron chi connectivity index (χ0n) is 20.0. The van der Waals surface area contributed by atoms with Crippen LogP contribution >= 0.6 is 11.6 Å². The van der Waals surface area contributed by atoms with Crippen molar-refractivity contribution in [2.45, 2.75) is 65.1 Å². The molecule has 1 saturated carbocycles. The number of aromatic nitrogens is 1. The summed E-state index contributed by atoms with van der Waals surface area (Å²) in [6.45, 7) is 5.39. The number of esters is 1. The molecule has 0 saturated heterocycles. The van der Waals surface area contributed by atoms with Gasteiger partial charge in [-0.2, -0.15) is 0 Å². The molecule has 8 heteroatoms. The molecule has 3 atom stereocenters. The summed E-state index contributed by atoms with van der Waals surface area (Å²) in [5.74, 6) is -1.09. The van der Waals surface area contributed by atoms with Gasteiger partial charge in [0.2, 0.25) is 0 Å². The van der Waals surface area contributed by atoms with E-state index in [4.69, 9.17) is 25.8 Å². The molecule has 34 heavy (non-hydrogen) atoms. The molecule has 1 aliphatic rings. The van der Waals surface area contributed by atoms with Gasteiger partial charge in [0.25, 0.3) is 0 Å². The van der Waals surface area contributed by atoms with Crippen LogP contribution in [0.4, 0.5) is 0 Å². The van der Waals surface area contributed by atoms with Crippen molar-refractivity contribution in [1.29, 1.82) is 0 Å². The number of benzene rings is 1. The minimum absolute atomic E-state index is 0.131. The number of aromatic hydroxyl groups is 1. The van der Waals surface area contributed by atoms with E-state index >= 15 is 0 Å². The first-order chi connectivity index (χ1) is 16.2. The zero-order valence-corrected chi connectivity index (χ0v) is 20.8. The van der Waals surface area contributed by atoms with Crippen LogP contribution in [0.2, 0.25) is 5.02 Å². The molecule has 0 amide bonds. The minimum Gasteiger partial charge on any atom is -0.503 e. The molecule has 7 nitrogen and oxygen atoms in total. The number of hydrogen-bond acceptors (Lipinski definition) is 7. The average Bonchev–Trinajstić information content (AvgIpc) is 3.33. The summed E-state index contributed by atoms with van der Waals surface area (Å²) in [7, 11) is 1.39. The van der Waals surface area contributed by atoms with Crippen molar-refractivity contribution in [3.8, 4) is 17.2 Å². The van der Waals surface area contributed by atoms with E-state index in [9.17, 15) is 14.7 Å². The molecule has 2 aromatic rings. The highest BCUT2D eigenvalue weighted by Crippen LogP contribution is 2.35. The molecule has 0 bridgehead atoms. The lowest BCUT2D eigenvalue weighted by Gasteiger charge is -2.30. The molecule has 1 aromatic carbocycles. The summed E-state index contributed by atoms with van der Waals surface area (Å²) < 4.78 is 17.1. The van der Waals surface area contributed by atoms with Gasteiger partial charge in [0.05, 0.1) is 18.1 Å². The second-order valence-electron chi connectivity index (χ2n) is 8.94. The van der Waals surface area contributed by atoms with Crippen LogP contribution in [0, 0.1) is 18.8 Å². The number of carbonyl (C=O) groups excluding carboxylic acids is 2. The third kappa shape index (κ3) is 6.20. The fraction of sp³-hybridized carbons (Fsp3) is 0.500. The predicted molar refractivity (Wildman–Crippen MR) is 129 cm³/mol. The van der Waals surface area contributed by atoms with Gasteiger partial charge >= 0.3 is 5.97 Å². The van der Waals surface area contributed by atoms with Crippen molar-refractivity contribution < 1.29 is 28.9 Å². The lowest BCUT2D eigenvalue weighted by Crippen LogP contribution is -2.40. The average molecular weight is 490 g/mol. The van der Waals surface area contributed by atoms with Crippen molar-refractivity contribution in [3.05, 3.63) is 46.7 Å². The fourth-order valence-corrected chi connectivity index (χ4v) is 4.62. The Morgan fingerprint density at radius 2 is 1.88 bits per heavy atom. The van der Waals surface area contributed by atoms with E-state index in [1.807, 2.05) is 32.0 Å². The van der Waals surface area contributed by atoms with E-state index in [1.54, 1.807) is 6.92 Å². The molecule has 0 radical (unpaired) electrons. The lowest BCUT2D eigenvalue weighted by molar-refractivity contribution is -0.158. The van der Waals surface area contributed by atoms with E-state index < -0.39 is 23.8 Å². The van der Waals surface area contributed by atoms with Crippen molar-refractivity contribution in [3.63, 3.8) is 0 Å². The Morgan fingerprint density at radius 1 is 1.18 bits per heavy atom. The topological polar surface area (TPSA) is 95.0 Å². The van der Waals surface area contributed by atoms with Gasteiger partial charge < -0.3 is 19.3 Å². The Bertz CT molecular complexity index is 1020. The first-order valence-electron chi connectivity index (χ1n) is 11.6. The molecule has 0 aliphatic heterocycles. The van der Waals surface area contributed by atoms with E-state index in [0.717, 1.165) is 31.2 Å². The van der Waals surface area contributed by atoms with E-state index in [1.165, 1.54) is 19.4 Å². The molecule has 1 aromatic heterocycles. The number of Topliss-reactive ketones (excluding diaryl/α,β-unsaturated/α-hetero) is 1. The molecule has 0 spiro atoms. The first-order valence-corrected chi connectivity index (χ1v) is 12.0. The van der Waals surface area contributed by atoms with Crippen molar-refractivity contribution in [2.75, 3.05) is 7.11 Å². The van der Waals surface area contributed by atoms with Gasteiger partial charge in [-0.05, 0) is 50.3 Å². The SMILES string of the molecule is COc1ccnc(C(=O)C[C@@H](C)C(=O)O[C@@H](C)[C@H](Oc2ccc(C)cc2Cl)C2CCCC2)c1O. The molecular weight excluding hydrogens is 458 g/mol. The van der Waals surface area contributed by atoms with Gasteiger partial charge in [-0.15, -0.1) is 0 Å². The normalized spacial score (nSPS) is 16.5. The van der Waals surface area contributed by atoms with Crippen LogP contribution in [0.1, 0.15) is 62.0 Å². The van der Waals surface area contributed by atoms with Gasteiger partial charge in [-0.25, -0.2) is 4.98 Å². The maximum absolute atomic E-state index is 12.8. The number of methoxy groups -OCH3 is 1. The van der Waals surface area contributed by atoms with Crippen LogP contribution in [0.5, 0.6) is 17.2 Å². The number of ether oxygens (including phenoxy) is 3. The number of pyridine rings is 1. The third-order valence-electron chi connectivity index (χ3n) is 6.24. The van der Waals surface area contributed by atoms with Crippen molar-refractivity contribution in [1.82, 2.24) is 4.98 Å². The Morgan fingerprint density at radius 3 is 2.53 bits per heavy atom. The summed E-state index contributed by atoms with van der Waals surface area (Å²) >= 11 is 6.39. The predicted octanol–water partition coefficient (Wildman–Crippen LogP) is 5.54. The summed E-state index contributed by atoms with van der Waals surface area (Å²) in [6, 6.07) is 7.06. The minimum atomic E-state index is -0.727. The maximum atomic E-state index is 12.8. The van der Waals surface area contributed by atoms with Gasteiger partial charge in [0.1, 0.15) is 18.0 Å². The maximum Gasteiger partial charge on any atom is 0.309 e.